The van der Waals surface area contributed by atoms with Crippen molar-refractivity contribution in [1.82, 2.24) is 19.7 Å². The fraction of sp³-hybridized carbons (Fsp3) is 0.357. The number of thiophene rings is 1. The highest BCUT2D eigenvalue weighted by molar-refractivity contribution is 7.12. The Morgan fingerprint density at radius 2 is 2.12 bits per heavy atom. The lowest BCUT2D eigenvalue weighted by atomic mass is 10.2. The Morgan fingerprint density at radius 1 is 1.42 bits per heavy atom. The predicted octanol–water partition coefficient (Wildman–Crippen LogP) is 2.61. The molecule has 10 heteroatoms. The Balaban J connectivity index is 2.15. The van der Waals surface area contributed by atoms with Crippen LogP contribution in [-0.4, -0.2) is 24.9 Å². The summed E-state index contributed by atoms with van der Waals surface area (Å²) in [5.74, 6) is 0.354. The van der Waals surface area contributed by atoms with E-state index in [4.69, 9.17) is 0 Å². The molecule has 3 rings (SSSR count). The summed E-state index contributed by atoms with van der Waals surface area (Å²) in [5.41, 5.74) is -0.0740. The molecule has 1 atom stereocenters. The molecule has 0 fully saturated rings. The zero-order valence-electron chi connectivity index (χ0n) is 12.7. The van der Waals surface area contributed by atoms with Crippen molar-refractivity contribution in [2.24, 2.45) is 0 Å². The van der Waals surface area contributed by atoms with Crippen molar-refractivity contribution >= 4 is 22.4 Å². The zero-order valence-corrected chi connectivity index (χ0v) is 13.5. The summed E-state index contributed by atoms with van der Waals surface area (Å²) in [6.07, 6.45) is -4.41. The average Bonchev–Trinajstić information content (AvgIpc) is 3.10. The first-order valence-corrected chi connectivity index (χ1v) is 7.79. The number of fused-ring (bicyclic) bond motifs is 1. The molecular formula is C14H13F3N4O2S. The maximum atomic E-state index is 12.8. The van der Waals surface area contributed by atoms with Crippen molar-refractivity contribution < 1.29 is 18.3 Å². The van der Waals surface area contributed by atoms with Crippen LogP contribution in [0.5, 0.6) is 0 Å². The number of hydrogen-bond acceptors (Lipinski definition) is 5. The second-order valence-electron chi connectivity index (χ2n) is 5.28. The average molecular weight is 358 g/mol. The van der Waals surface area contributed by atoms with Crippen LogP contribution in [0, 0.1) is 6.92 Å². The lowest BCUT2D eigenvalue weighted by molar-refractivity contribution is -0.134. The first-order chi connectivity index (χ1) is 11.2. The fourth-order valence-electron chi connectivity index (χ4n) is 2.46. The van der Waals surface area contributed by atoms with Crippen LogP contribution in [0.2, 0.25) is 0 Å². The summed E-state index contributed by atoms with van der Waals surface area (Å²) in [5, 5.41) is 13.7. The van der Waals surface area contributed by atoms with Gasteiger partial charge < -0.3 is 10.1 Å². The standard InChI is InChI=1S/C14H13F3N4O2S/c1-6(9-3-4-10(24-9)14(15,16)17)21-12-11(8(5-22)20-21)13(23)19-7(2)18-12/h3-4,6,22H,5H2,1-2H3,(H,18,19,23)/t6-/m1/s1. The molecule has 0 unspecified atom stereocenters. The number of hydrogen-bond donors (Lipinski definition) is 2. The molecule has 24 heavy (non-hydrogen) atoms. The van der Waals surface area contributed by atoms with Gasteiger partial charge in [-0.15, -0.1) is 11.3 Å². The molecule has 0 amide bonds. The molecule has 2 N–H and O–H groups in total. The molecule has 0 saturated carbocycles. The van der Waals surface area contributed by atoms with Crippen molar-refractivity contribution in [1.29, 1.82) is 0 Å². The molecule has 0 bridgehead atoms. The Kier molecular flexibility index (Phi) is 3.96. The third-order valence-corrected chi connectivity index (χ3v) is 4.89. The van der Waals surface area contributed by atoms with Gasteiger partial charge in [-0.1, -0.05) is 0 Å². The van der Waals surface area contributed by atoms with Crippen LogP contribution in [0.15, 0.2) is 16.9 Å². The lowest BCUT2D eigenvalue weighted by Crippen LogP contribution is -2.13. The van der Waals surface area contributed by atoms with E-state index in [0.717, 1.165) is 6.07 Å². The van der Waals surface area contributed by atoms with E-state index in [0.29, 0.717) is 22.0 Å². The Labute approximate surface area is 137 Å². The highest BCUT2D eigenvalue weighted by Crippen LogP contribution is 2.37. The molecule has 128 valence electrons. The number of rotatable bonds is 3. The van der Waals surface area contributed by atoms with Crippen molar-refractivity contribution in [2.75, 3.05) is 0 Å². The topological polar surface area (TPSA) is 83.8 Å². The zero-order chi connectivity index (χ0) is 17.6. The van der Waals surface area contributed by atoms with Crippen molar-refractivity contribution in [3.8, 4) is 0 Å². The summed E-state index contributed by atoms with van der Waals surface area (Å²) < 4.78 is 39.7. The van der Waals surface area contributed by atoms with E-state index in [1.165, 1.54) is 10.7 Å². The molecule has 0 aliphatic carbocycles. The number of halogens is 3. The highest BCUT2D eigenvalue weighted by Gasteiger charge is 2.33. The first kappa shape index (κ1) is 16.7. The van der Waals surface area contributed by atoms with Gasteiger partial charge in [-0.2, -0.15) is 18.3 Å². The molecule has 3 heterocycles. The van der Waals surface area contributed by atoms with E-state index in [2.05, 4.69) is 15.1 Å². The fourth-order valence-corrected chi connectivity index (χ4v) is 3.37. The number of nitrogens with one attached hydrogen (secondary N) is 1. The first-order valence-electron chi connectivity index (χ1n) is 6.98. The molecule has 0 aliphatic heterocycles. The summed E-state index contributed by atoms with van der Waals surface area (Å²) in [6.45, 7) is 2.79. The second-order valence-corrected chi connectivity index (χ2v) is 6.39. The van der Waals surface area contributed by atoms with Gasteiger partial charge in [-0.25, -0.2) is 9.67 Å². The minimum Gasteiger partial charge on any atom is -0.390 e. The summed E-state index contributed by atoms with van der Waals surface area (Å²) >= 11 is 0.615. The Bertz CT molecular complexity index is 957. The van der Waals surface area contributed by atoms with Gasteiger partial charge in [0, 0.05) is 4.88 Å². The molecule has 0 aliphatic rings. The Morgan fingerprint density at radius 3 is 2.71 bits per heavy atom. The van der Waals surface area contributed by atoms with E-state index >= 15 is 0 Å². The van der Waals surface area contributed by atoms with Crippen LogP contribution in [0.4, 0.5) is 13.2 Å². The minimum atomic E-state index is -4.41. The van der Waals surface area contributed by atoms with E-state index in [1.807, 2.05) is 0 Å². The smallest absolute Gasteiger partial charge is 0.390 e. The minimum absolute atomic E-state index is 0.137. The molecule has 0 spiro atoms. The van der Waals surface area contributed by atoms with Gasteiger partial charge in [0.2, 0.25) is 0 Å². The number of aliphatic hydroxyl groups is 1. The van der Waals surface area contributed by atoms with Gasteiger partial charge in [0.1, 0.15) is 21.8 Å². The molecule has 0 aromatic carbocycles. The molecule has 3 aromatic rings. The number of H-pyrrole nitrogens is 1. The number of aromatic nitrogens is 4. The van der Waals surface area contributed by atoms with E-state index in [1.54, 1.807) is 13.8 Å². The largest absolute Gasteiger partial charge is 0.425 e. The third kappa shape index (κ3) is 2.71. The van der Waals surface area contributed by atoms with Crippen LogP contribution in [0.3, 0.4) is 0 Å². The van der Waals surface area contributed by atoms with E-state index in [-0.39, 0.29) is 16.7 Å². The molecule has 0 radical (unpaired) electrons. The second kappa shape index (κ2) is 5.71. The number of aryl methyl sites for hydroxylation is 1. The summed E-state index contributed by atoms with van der Waals surface area (Å²) in [4.78, 5) is 18.6. The van der Waals surface area contributed by atoms with Crippen molar-refractivity contribution in [3.05, 3.63) is 43.8 Å². The Hall–Kier alpha value is -2.20. The van der Waals surface area contributed by atoms with Crippen LogP contribution >= 0.6 is 11.3 Å². The number of aromatic amines is 1. The lowest BCUT2D eigenvalue weighted by Gasteiger charge is -2.11. The quantitative estimate of drug-likeness (QED) is 0.754. The number of aliphatic hydroxyl groups excluding tert-OH is 1. The molecule has 3 aromatic heterocycles. The molecular weight excluding hydrogens is 345 g/mol. The summed E-state index contributed by atoms with van der Waals surface area (Å²) in [6, 6.07) is 1.83. The van der Waals surface area contributed by atoms with Crippen LogP contribution in [0.1, 0.15) is 34.2 Å². The summed E-state index contributed by atoms with van der Waals surface area (Å²) in [7, 11) is 0. The van der Waals surface area contributed by atoms with Crippen LogP contribution in [0.25, 0.3) is 11.0 Å². The van der Waals surface area contributed by atoms with Gasteiger partial charge in [-0.05, 0) is 26.0 Å². The van der Waals surface area contributed by atoms with Gasteiger partial charge in [0.25, 0.3) is 5.56 Å². The molecule has 6 nitrogen and oxygen atoms in total. The predicted molar refractivity (Wildman–Crippen MR) is 81.9 cm³/mol. The van der Waals surface area contributed by atoms with Crippen LogP contribution in [-0.2, 0) is 12.8 Å². The van der Waals surface area contributed by atoms with E-state index < -0.39 is 29.3 Å². The third-order valence-electron chi connectivity index (χ3n) is 3.59. The maximum Gasteiger partial charge on any atom is 0.425 e. The van der Waals surface area contributed by atoms with Gasteiger partial charge in [0.05, 0.1) is 12.6 Å². The maximum absolute atomic E-state index is 12.8. The monoisotopic (exact) mass is 358 g/mol. The number of nitrogens with zero attached hydrogens (tertiary/aromatic N) is 3. The van der Waals surface area contributed by atoms with Crippen LogP contribution < -0.4 is 5.56 Å². The SMILES string of the molecule is Cc1nc2c(c(CO)nn2[C@H](C)c2ccc(C(F)(F)F)s2)c(=O)[nH]1. The van der Waals surface area contributed by atoms with Gasteiger partial charge in [0.15, 0.2) is 5.65 Å². The van der Waals surface area contributed by atoms with Gasteiger partial charge >= 0.3 is 6.18 Å². The van der Waals surface area contributed by atoms with E-state index in [9.17, 15) is 23.1 Å². The normalized spacial score (nSPS) is 13.6. The highest BCUT2D eigenvalue weighted by atomic mass is 32.1. The van der Waals surface area contributed by atoms with Gasteiger partial charge in [-0.3, -0.25) is 4.79 Å². The number of alkyl halides is 3. The van der Waals surface area contributed by atoms with Crippen molar-refractivity contribution in [2.45, 2.75) is 32.7 Å². The molecule has 0 saturated heterocycles. The van der Waals surface area contributed by atoms with Crippen molar-refractivity contribution in [3.63, 3.8) is 0 Å².